The molecule has 1 atom stereocenters. The van der Waals surface area contributed by atoms with E-state index in [1.807, 2.05) is 0 Å². The first kappa shape index (κ1) is 19.4. The minimum atomic E-state index is -2.07. The molecule has 1 unspecified atom stereocenters. The molecule has 1 aliphatic heterocycles. The highest BCUT2D eigenvalue weighted by Gasteiger charge is 2.45. The number of aliphatic carboxylic acids is 2. The van der Waals surface area contributed by atoms with Gasteiger partial charge in [0.05, 0.1) is 5.54 Å². The van der Waals surface area contributed by atoms with Crippen molar-refractivity contribution in [2.75, 3.05) is 0 Å². The van der Waals surface area contributed by atoms with Crippen LogP contribution in [0.2, 0.25) is 0 Å². The van der Waals surface area contributed by atoms with Crippen molar-refractivity contribution in [2.45, 2.75) is 76.3 Å². The van der Waals surface area contributed by atoms with Crippen LogP contribution in [0.3, 0.4) is 0 Å². The molecule has 1 aromatic carbocycles. The van der Waals surface area contributed by atoms with Crippen molar-refractivity contribution in [3.05, 3.63) is 35.4 Å². The van der Waals surface area contributed by atoms with Crippen LogP contribution in [0.5, 0.6) is 0 Å². The molecule has 0 radical (unpaired) electrons. The first-order chi connectivity index (χ1) is 11.7. The molecule has 3 N–H and O–H groups in total. The van der Waals surface area contributed by atoms with E-state index in [4.69, 9.17) is 19.8 Å². The zero-order valence-corrected chi connectivity index (χ0v) is 15.4. The molecule has 2 aliphatic rings. The average Bonchev–Trinajstić information content (AvgIpc) is 2.62. The summed E-state index contributed by atoms with van der Waals surface area (Å²) in [5.41, 5.74) is 3.96. The Bertz CT molecular complexity index is 620. The molecule has 1 heterocycles. The summed E-state index contributed by atoms with van der Waals surface area (Å²) in [6, 6.07) is 9.74. The molecule has 3 rings (SSSR count). The largest absolute Gasteiger partial charge is 0.539 e. The predicted molar refractivity (Wildman–Crippen MR) is 92.9 cm³/mol. The molecule has 0 saturated heterocycles. The molecular weight excluding hydrogens is 318 g/mol. The highest BCUT2D eigenvalue weighted by Crippen LogP contribution is 2.42. The Hall–Kier alpha value is -1.88. The molecule has 1 aromatic rings. The molecule has 1 fully saturated rings. The number of rotatable bonds is 0. The van der Waals surface area contributed by atoms with Gasteiger partial charge in [-0.1, -0.05) is 44.5 Å². The van der Waals surface area contributed by atoms with Crippen LogP contribution in [0, 0.1) is 0 Å². The Morgan fingerprint density at radius 1 is 1.16 bits per heavy atom. The van der Waals surface area contributed by atoms with Crippen molar-refractivity contribution in [3.63, 3.8) is 0 Å². The molecule has 25 heavy (non-hydrogen) atoms. The SMILES string of the molecule is CC1[NH2+]C2(CCCCC2)CC(C)(C)c2ccccc21.O=C([O-])C(=O)O. The predicted octanol–water partition coefficient (Wildman–Crippen LogP) is 1.52. The Morgan fingerprint density at radius 2 is 1.72 bits per heavy atom. The summed E-state index contributed by atoms with van der Waals surface area (Å²) < 4.78 is 0. The van der Waals surface area contributed by atoms with Gasteiger partial charge in [-0.25, -0.2) is 4.79 Å². The van der Waals surface area contributed by atoms with Gasteiger partial charge in [0.1, 0.15) is 6.04 Å². The number of benzene rings is 1. The van der Waals surface area contributed by atoms with Gasteiger partial charge in [0, 0.05) is 24.8 Å². The number of hydrogen-bond donors (Lipinski definition) is 2. The van der Waals surface area contributed by atoms with Gasteiger partial charge in [0.2, 0.25) is 0 Å². The highest BCUT2D eigenvalue weighted by atomic mass is 16.4. The molecule has 138 valence electrons. The molecule has 1 aliphatic carbocycles. The Morgan fingerprint density at radius 3 is 2.28 bits per heavy atom. The van der Waals surface area contributed by atoms with Gasteiger partial charge in [-0.15, -0.1) is 0 Å². The van der Waals surface area contributed by atoms with Crippen molar-refractivity contribution < 1.29 is 25.1 Å². The van der Waals surface area contributed by atoms with E-state index in [-0.39, 0.29) is 0 Å². The molecule has 5 heteroatoms. The number of quaternary nitrogens is 1. The van der Waals surface area contributed by atoms with Crippen LogP contribution in [-0.4, -0.2) is 22.6 Å². The second kappa shape index (κ2) is 7.56. The highest BCUT2D eigenvalue weighted by molar-refractivity contribution is 6.26. The van der Waals surface area contributed by atoms with E-state index >= 15 is 0 Å². The van der Waals surface area contributed by atoms with Crippen LogP contribution in [-0.2, 0) is 15.0 Å². The minimum absolute atomic E-state index is 0.315. The molecular formula is C20H29NO4. The van der Waals surface area contributed by atoms with Crippen molar-refractivity contribution in [1.29, 1.82) is 0 Å². The third kappa shape index (κ3) is 4.60. The Balaban J connectivity index is 0.000000326. The fourth-order valence-electron chi connectivity index (χ4n) is 4.76. The van der Waals surface area contributed by atoms with Gasteiger partial charge >= 0.3 is 5.97 Å². The molecule has 1 spiro atoms. The summed E-state index contributed by atoms with van der Waals surface area (Å²) in [6.07, 6.45) is 8.45. The number of hydrogen-bond acceptors (Lipinski definition) is 3. The number of nitrogens with two attached hydrogens (primary N) is 1. The van der Waals surface area contributed by atoms with Gasteiger partial charge in [-0.05, 0) is 30.7 Å². The zero-order valence-electron chi connectivity index (χ0n) is 15.4. The molecule has 5 nitrogen and oxygen atoms in total. The number of carbonyl (C=O) groups is 2. The van der Waals surface area contributed by atoms with E-state index in [0.717, 1.165) is 0 Å². The van der Waals surface area contributed by atoms with Gasteiger partial charge in [-0.2, -0.15) is 0 Å². The molecule has 0 bridgehead atoms. The number of carboxylic acids is 2. The number of carboxylic acid groups (broad SMARTS) is 2. The summed E-state index contributed by atoms with van der Waals surface area (Å²) >= 11 is 0. The van der Waals surface area contributed by atoms with E-state index in [1.165, 1.54) is 38.5 Å². The number of carbonyl (C=O) groups excluding carboxylic acids is 1. The van der Waals surface area contributed by atoms with Crippen molar-refractivity contribution in [2.24, 2.45) is 0 Å². The quantitative estimate of drug-likeness (QED) is 0.696. The van der Waals surface area contributed by atoms with Crippen LogP contribution in [0.15, 0.2) is 24.3 Å². The third-order valence-electron chi connectivity index (χ3n) is 5.60. The smallest absolute Gasteiger partial charge is 0.351 e. The Labute approximate surface area is 149 Å². The first-order valence-electron chi connectivity index (χ1n) is 9.07. The van der Waals surface area contributed by atoms with E-state index in [9.17, 15) is 0 Å². The first-order valence-corrected chi connectivity index (χ1v) is 9.07. The van der Waals surface area contributed by atoms with Gasteiger partial charge in [0.25, 0.3) is 0 Å². The van der Waals surface area contributed by atoms with Crippen LogP contribution in [0.25, 0.3) is 0 Å². The molecule has 0 aromatic heterocycles. The topological polar surface area (TPSA) is 94.0 Å². The summed E-state index contributed by atoms with van der Waals surface area (Å²) in [7, 11) is 0. The van der Waals surface area contributed by atoms with Crippen molar-refractivity contribution in [1.82, 2.24) is 0 Å². The van der Waals surface area contributed by atoms with Crippen molar-refractivity contribution in [3.8, 4) is 0 Å². The zero-order chi connectivity index (χ0) is 18.7. The summed E-state index contributed by atoms with van der Waals surface area (Å²) in [5.74, 6) is -4.01. The lowest BCUT2D eigenvalue weighted by atomic mass is 9.69. The van der Waals surface area contributed by atoms with Gasteiger partial charge in [-0.3, -0.25) is 0 Å². The summed E-state index contributed by atoms with van der Waals surface area (Å²) in [4.78, 5) is 18.0. The summed E-state index contributed by atoms with van der Waals surface area (Å²) in [5, 5.41) is 19.0. The molecule has 1 saturated carbocycles. The maximum Gasteiger partial charge on any atom is 0.351 e. The maximum atomic E-state index is 9.04. The van der Waals surface area contributed by atoms with E-state index in [1.54, 1.807) is 11.1 Å². The third-order valence-corrected chi connectivity index (χ3v) is 5.60. The second-order valence-corrected chi connectivity index (χ2v) is 8.12. The second-order valence-electron chi connectivity index (χ2n) is 8.12. The molecule has 0 amide bonds. The fraction of sp³-hybridized carbons (Fsp3) is 0.600. The van der Waals surface area contributed by atoms with Crippen LogP contribution in [0.1, 0.15) is 76.5 Å². The maximum absolute atomic E-state index is 9.04. The standard InChI is InChI=1S/C18H27N.C2H2O4/c1-14-15-9-5-6-10-16(15)17(2,3)13-18(19-14)11-7-4-8-12-18;3-1(4)2(5)6/h5-6,9-10,14,19H,4,7-8,11-13H2,1-3H3;(H,3,4)(H,5,6). The normalized spacial score (nSPS) is 23.6. The lowest BCUT2D eigenvalue weighted by molar-refractivity contribution is -0.763. The van der Waals surface area contributed by atoms with Gasteiger partial charge < -0.3 is 20.3 Å². The van der Waals surface area contributed by atoms with Crippen LogP contribution >= 0.6 is 0 Å². The van der Waals surface area contributed by atoms with Crippen LogP contribution < -0.4 is 10.4 Å². The van der Waals surface area contributed by atoms with Gasteiger partial charge in [0.15, 0.2) is 5.97 Å². The van der Waals surface area contributed by atoms with E-state index in [0.29, 0.717) is 17.0 Å². The van der Waals surface area contributed by atoms with Crippen molar-refractivity contribution >= 4 is 11.9 Å². The van der Waals surface area contributed by atoms with Crippen LogP contribution in [0.4, 0.5) is 0 Å². The minimum Gasteiger partial charge on any atom is -0.539 e. The lowest BCUT2D eigenvalue weighted by Gasteiger charge is -2.39. The van der Waals surface area contributed by atoms with E-state index in [2.05, 4.69) is 50.4 Å². The number of fused-ring (bicyclic) bond motifs is 1. The Kier molecular flexibility index (Phi) is 5.88. The monoisotopic (exact) mass is 347 g/mol. The summed E-state index contributed by atoms with van der Waals surface area (Å²) in [6.45, 7) is 7.30. The lowest BCUT2D eigenvalue weighted by Crippen LogP contribution is -2.97. The fourth-order valence-corrected chi connectivity index (χ4v) is 4.76. The average molecular weight is 347 g/mol. The van der Waals surface area contributed by atoms with E-state index < -0.39 is 11.9 Å².